The number of nitrogens with one attached hydrogen (secondary N) is 2. The van der Waals surface area contributed by atoms with Gasteiger partial charge in [0, 0.05) is 6.54 Å². The molecule has 2 aromatic carbocycles. The number of hydrogen-bond acceptors (Lipinski definition) is 4. The summed E-state index contributed by atoms with van der Waals surface area (Å²) in [4.78, 5) is 12.2. The van der Waals surface area contributed by atoms with E-state index in [-0.39, 0.29) is 4.90 Å². The summed E-state index contributed by atoms with van der Waals surface area (Å²) in [5, 5.41) is 2.70. The lowest BCUT2D eigenvalue weighted by Gasteiger charge is -2.14. The van der Waals surface area contributed by atoms with E-state index in [1.54, 1.807) is 37.4 Å². The van der Waals surface area contributed by atoms with Gasteiger partial charge in [-0.3, -0.25) is 4.79 Å². The standard InChI is InChI=1S/C17H20N2O4S/c1-13(19-24(21,22)16-6-4-3-5-7-16)17(20)18-12-14-8-10-15(23-2)11-9-14/h3-11,13,19H,12H2,1-2H3,(H,18,20). The van der Waals surface area contributed by atoms with Crippen molar-refractivity contribution in [3.05, 3.63) is 60.2 Å². The van der Waals surface area contributed by atoms with E-state index >= 15 is 0 Å². The Morgan fingerprint density at radius 1 is 1.08 bits per heavy atom. The Labute approximate surface area is 141 Å². The monoisotopic (exact) mass is 348 g/mol. The number of benzene rings is 2. The largest absolute Gasteiger partial charge is 0.497 e. The number of rotatable bonds is 7. The van der Waals surface area contributed by atoms with Crippen molar-refractivity contribution in [3.63, 3.8) is 0 Å². The Morgan fingerprint density at radius 3 is 2.29 bits per heavy atom. The number of amides is 1. The number of carbonyl (C=O) groups excluding carboxylic acids is 1. The molecule has 7 heteroatoms. The van der Waals surface area contributed by atoms with Crippen LogP contribution in [0.15, 0.2) is 59.5 Å². The van der Waals surface area contributed by atoms with Crippen molar-refractivity contribution < 1.29 is 17.9 Å². The molecule has 1 atom stereocenters. The van der Waals surface area contributed by atoms with Gasteiger partial charge < -0.3 is 10.1 Å². The summed E-state index contributed by atoms with van der Waals surface area (Å²) in [7, 11) is -2.14. The third-order valence-corrected chi connectivity index (χ3v) is 4.96. The molecule has 0 aliphatic carbocycles. The van der Waals surface area contributed by atoms with Crippen LogP contribution in [0.25, 0.3) is 0 Å². The molecule has 0 aliphatic rings. The summed E-state index contributed by atoms with van der Waals surface area (Å²) in [6, 6.07) is 14.3. The normalized spacial score (nSPS) is 12.4. The lowest BCUT2D eigenvalue weighted by molar-refractivity contribution is -0.122. The third kappa shape index (κ3) is 4.81. The summed E-state index contributed by atoms with van der Waals surface area (Å²) < 4.78 is 31.8. The van der Waals surface area contributed by atoms with E-state index < -0.39 is 22.0 Å². The average molecular weight is 348 g/mol. The van der Waals surface area contributed by atoms with E-state index in [4.69, 9.17) is 4.74 Å². The molecular weight excluding hydrogens is 328 g/mol. The minimum atomic E-state index is -3.72. The predicted octanol–water partition coefficient (Wildman–Crippen LogP) is 1.68. The zero-order valence-corrected chi connectivity index (χ0v) is 14.3. The van der Waals surface area contributed by atoms with Gasteiger partial charge in [0.1, 0.15) is 5.75 Å². The Balaban J connectivity index is 1.92. The van der Waals surface area contributed by atoms with Crippen molar-refractivity contribution >= 4 is 15.9 Å². The Kier molecular flexibility index (Phi) is 5.94. The number of carbonyl (C=O) groups is 1. The van der Waals surface area contributed by atoms with Gasteiger partial charge in [0.25, 0.3) is 0 Å². The minimum absolute atomic E-state index is 0.125. The highest BCUT2D eigenvalue weighted by molar-refractivity contribution is 7.89. The molecule has 0 saturated heterocycles. The van der Waals surface area contributed by atoms with Crippen LogP contribution in [0, 0.1) is 0 Å². The molecule has 0 radical (unpaired) electrons. The van der Waals surface area contributed by atoms with E-state index in [1.165, 1.54) is 19.1 Å². The van der Waals surface area contributed by atoms with E-state index in [9.17, 15) is 13.2 Å². The minimum Gasteiger partial charge on any atom is -0.497 e. The van der Waals surface area contributed by atoms with Crippen LogP contribution in [0.5, 0.6) is 5.75 Å². The number of methoxy groups -OCH3 is 1. The summed E-state index contributed by atoms with van der Waals surface area (Å²) in [6.07, 6.45) is 0. The zero-order valence-electron chi connectivity index (χ0n) is 13.5. The molecule has 2 aromatic rings. The molecule has 24 heavy (non-hydrogen) atoms. The third-order valence-electron chi connectivity index (χ3n) is 3.40. The molecular formula is C17H20N2O4S. The fourth-order valence-electron chi connectivity index (χ4n) is 2.04. The maximum atomic E-state index is 12.2. The fourth-order valence-corrected chi connectivity index (χ4v) is 3.26. The van der Waals surface area contributed by atoms with Crippen molar-refractivity contribution in [1.29, 1.82) is 0 Å². The van der Waals surface area contributed by atoms with E-state index in [1.807, 2.05) is 12.1 Å². The van der Waals surface area contributed by atoms with Crippen LogP contribution in [0.3, 0.4) is 0 Å². The first-order valence-electron chi connectivity index (χ1n) is 7.40. The molecule has 0 heterocycles. The summed E-state index contributed by atoms with van der Waals surface area (Å²) in [5.41, 5.74) is 0.891. The lowest BCUT2D eigenvalue weighted by Crippen LogP contribution is -2.44. The van der Waals surface area contributed by atoms with Gasteiger partial charge in [-0.15, -0.1) is 0 Å². The van der Waals surface area contributed by atoms with Gasteiger partial charge in [-0.1, -0.05) is 30.3 Å². The van der Waals surface area contributed by atoms with Gasteiger partial charge in [0.2, 0.25) is 15.9 Å². The van der Waals surface area contributed by atoms with Gasteiger partial charge in [0.05, 0.1) is 18.0 Å². The van der Waals surface area contributed by atoms with Gasteiger partial charge in [-0.25, -0.2) is 8.42 Å². The zero-order chi connectivity index (χ0) is 17.6. The molecule has 0 fully saturated rings. The second kappa shape index (κ2) is 7.94. The SMILES string of the molecule is COc1ccc(CNC(=O)C(C)NS(=O)(=O)c2ccccc2)cc1. The maximum Gasteiger partial charge on any atom is 0.241 e. The fraction of sp³-hybridized carbons (Fsp3) is 0.235. The van der Waals surface area contributed by atoms with Crippen molar-refractivity contribution in [2.24, 2.45) is 0 Å². The van der Waals surface area contributed by atoms with Gasteiger partial charge in [0.15, 0.2) is 0 Å². The van der Waals surface area contributed by atoms with Crippen molar-refractivity contribution in [2.45, 2.75) is 24.4 Å². The summed E-state index contributed by atoms with van der Waals surface area (Å²) in [5.74, 6) is 0.333. The Hall–Kier alpha value is -2.38. The molecule has 0 saturated carbocycles. The van der Waals surface area contributed by atoms with Crippen LogP contribution in [0.4, 0.5) is 0 Å². The number of ether oxygens (including phenoxy) is 1. The highest BCUT2D eigenvalue weighted by atomic mass is 32.2. The van der Waals surface area contributed by atoms with Crippen molar-refractivity contribution in [2.75, 3.05) is 7.11 Å². The summed E-state index contributed by atoms with van der Waals surface area (Å²) in [6.45, 7) is 1.81. The van der Waals surface area contributed by atoms with E-state index in [2.05, 4.69) is 10.0 Å². The first-order chi connectivity index (χ1) is 11.4. The van der Waals surface area contributed by atoms with Crippen LogP contribution >= 0.6 is 0 Å². The predicted molar refractivity (Wildman–Crippen MR) is 91.1 cm³/mol. The molecule has 1 unspecified atom stereocenters. The van der Waals surface area contributed by atoms with Gasteiger partial charge >= 0.3 is 0 Å². The molecule has 0 aliphatic heterocycles. The number of sulfonamides is 1. The average Bonchev–Trinajstić information content (AvgIpc) is 2.60. The van der Waals surface area contributed by atoms with Gasteiger partial charge in [-0.05, 0) is 36.8 Å². The molecule has 2 N–H and O–H groups in total. The first-order valence-corrected chi connectivity index (χ1v) is 8.89. The maximum absolute atomic E-state index is 12.2. The van der Waals surface area contributed by atoms with Crippen molar-refractivity contribution in [3.8, 4) is 5.75 Å². The topological polar surface area (TPSA) is 84.5 Å². The smallest absolute Gasteiger partial charge is 0.241 e. The first kappa shape index (κ1) is 18.0. The molecule has 0 aromatic heterocycles. The van der Waals surface area contributed by atoms with E-state index in [0.717, 1.165) is 11.3 Å². The van der Waals surface area contributed by atoms with E-state index in [0.29, 0.717) is 6.54 Å². The quantitative estimate of drug-likeness (QED) is 0.797. The lowest BCUT2D eigenvalue weighted by atomic mass is 10.2. The van der Waals surface area contributed by atoms with Crippen LogP contribution in [-0.2, 0) is 21.4 Å². The highest BCUT2D eigenvalue weighted by Gasteiger charge is 2.21. The number of hydrogen-bond donors (Lipinski definition) is 2. The van der Waals surface area contributed by atoms with Crippen LogP contribution in [0.1, 0.15) is 12.5 Å². The van der Waals surface area contributed by atoms with Crippen molar-refractivity contribution in [1.82, 2.24) is 10.0 Å². The van der Waals surface area contributed by atoms with Crippen LogP contribution in [0.2, 0.25) is 0 Å². The summed E-state index contributed by atoms with van der Waals surface area (Å²) >= 11 is 0. The molecule has 0 bridgehead atoms. The van der Waals surface area contributed by atoms with Gasteiger partial charge in [-0.2, -0.15) is 4.72 Å². The molecule has 6 nitrogen and oxygen atoms in total. The molecule has 1 amide bonds. The van der Waals surface area contributed by atoms with Crippen LogP contribution < -0.4 is 14.8 Å². The highest BCUT2D eigenvalue weighted by Crippen LogP contribution is 2.11. The Bertz CT molecular complexity index is 774. The molecule has 2 rings (SSSR count). The Morgan fingerprint density at radius 2 is 1.71 bits per heavy atom. The molecule has 0 spiro atoms. The molecule has 128 valence electrons. The van der Waals surface area contributed by atoms with Crippen LogP contribution in [-0.4, -0.2) is 27.5 Å². The second-order valence-corrected chi connectivity index (χ2v) is 6.94. The second-order valence-electron chi connectivity index (χ2n) is 5.22.